The minimum atomic E-state index is -4.14. The maximum Gasteiger partial charge on any atom is 0.349 e. The van der Waals surface area contributed by atoms with E-state index in [0.717, 1.165) is 16.9 Å². The maximum atomic E-state index is 12.6. The van der Waals surface area contributed by atoms with E-state index in [1.165, 1.54) is 19.1 Å². The summed E-state index contributed by atoms with van der Waals surface area (Å²) in [4.78, 5) is 29.1. The maximum absolute atomic E-state index is 12.6. The lowest BCUT2D eigenvalue weighted by atomic mass is 9.91. The van der Waals surface area contributed by atoms with Crippen LogP contribution in [0.2, 0.25) is 10.0 Å². The lowest BCUT2D eigenvalue weighted by Gasteiger charge is -2.31. The predicted octanol–water partition coefficient (Wildman–Crippen LogP) is 1.23. The Morgan fingerprint density at radius 3 is 2.47 bits per heavy atom. The van der Waals surface area contributed by atoms with Gasteiger partial charge in [-0.2, -0.15) is 9.78 Å². The fourth-order valence-corrected chi connectivity index (χ4v) is 5.07. The molecule has 0 unspecified atom stereocenters. The Hall–Kier alpha value is -2.97. The molecule has 34 heavy (non-hydrogen) atoms. The predicted molar refractivity (Wildman–Crippen MR) is 121 cm³/mol. The minimum Gasteiger partial charge on any atom is -0.505 e. The van der Waals surface area contributed by atoms with Crippen LogP contribution in [0.3, 0.4) is 0 Å². The van der Waals surface area contributed by atoms with Gasteiger partial charge in [-0.05, 0) is 31.9 Å². The van der Waals surface area contributed by atoms with Crippen molar-refractivity contribution in [2.45, 2.75) is 36.8 Å². The number of pyridine rings is 1. The Morgan fingerprint density at radius 1 is 1.21 bits per heavy atom. The van der Waals surface area contributed by atoms with Gasteiger partial charge in [0, 0.05) is 12.1 Å². The summed E-state index contributed by atoms with van der Waals surface area (Å²) < 4.78 is 34.1. The number of nitrogens with one attached hydrogen (secondary N) is 2. The molecule has 1 aliphatic carbocycles. The minimum absolute atomic E-state index is 0.0409. The second-order valence-electron chi connectivity index (χ2n) is 7.53. The number of nitrogens with zero attached hydrogens (tertiary/aromatic N) is 3. The van der Waals surface area contributed by atoms with Gasteiger partial charge in [0.15, 0.2) is 11.5 Å². The average molecular weight is 530 g/mol. The normalized spacial score (nSPS) is 17.9. The van der Waals surface area contributed by atoms with Crippen LogP contribution in [0, 0.1) is 6.92 Å². The van der Waals surface area contributed by atoms with Crippen LogP contribution in [0.25, 0.3) is 5.69 Å². The number of aromatic amines is 1. The summed E-state index contributed by atoms with van der Waals surface area (Å²) in [5.41, 5.74) is -1.26. The number of aliphatic hydroxyl groups excluding tert-OH is 1. The van der Waals surface area contributed by atoms with Crippen LogP contribution >= 0.6 is 23.2 Å². The monoisotopic (exact) mass is 529 g/mol. The third-order valence-corrected chi connectivity index (χ3v) is 7.08. The van der Waals surface area contributed by atoms with Gasteiger partial charge in [0.05, 0.1) is 28.0 Å². The van der Waals surface area contributed by atoms with Gasteiger partial charge < -0.3 is 14.9 Å². The number of hydrogen-bond acceptors (Lipinski definition) is 9. The molecule has 2 heterocycles. The van der Waals surface area contributed by atoms with E-state index in [2.05, 4.69) is 19.8 Å². The summed E-state index contributed by atoms with van der Waals surface area (Å²) in [6.07, 6.45) is 0.843. The zero-order valence-electron chi connectivity index (χ0n) is 17.3. The Kier molecular flexibility index (Phi) is 6.40. The molecule has 4 rings (SSSR count). The summed E-state index contributed by atoms with van der Waals surface area (Å²) >= 11 is 12.5. The highest BCUT2D eigenvalue weighted by molar-refractivity contribution is 7.89. The van der Waals surface area contributed by atoms with Gasteiger partial charge in [-0.25, -0.2) is 22.9 Å². The fraction of sp³-hybridized carbons (Fsp3) is 0.263. The third kappa shape index (κ3) is 4.79. The molecule has 0 aliphatic heterocycles. The highest BCUT2D eigenvalue weighted by Gasteiger charge is 2.32. The SMILES string of the molecule is Cc1nn(-c2cc(Cl)c(Oc3cc(S(=O)(=O)NC4CC(O)C4)c(O)cn3)c(Cl)c2)c(=O)[nH]c1=O. The molecule has 1 saturated carbocycles. The van der Waals surface area contributed by atoms with Gasteiger partial charge in [-0.3, -0.25) is 9.78 Å². The van der Waals surface area contributed by atoms with Crippen LogP contribution in [0.1, 0.15) is 18.5 Å². The number of benzene rings is 1. The van der Waals surface area contributed by atoms with E-state index in [0.29, 0.717) is 0 Å². The van der Waals surface area contributed by atoms with E-state index in [1.807, 2.05) is 0 Å². The Morgan fingerprint density at radius 2 is 1.85 bits per heavy atom. The van der Waals surface area contributed by atoms with Crippen molar-refractivity contribution >= 4 is 33.2 Å². The van der Waals surface area contributed by atoms with E-state index < -0.39 is 44.1 Å². The van der Waals surface area contributed by atoms with Crippen LogP contribution in [0.4, 0.5) is 0 Å². The van der Waals surface area contributed by atoms with Crippen molar-refractivity contribution in [2.75, 3.05) is 0 Å². The van der Waals surface area contributed by atoms with Crippen molar-refractivity contribution in [2.24, 2.45) is 0 Å². The lowest BCUT2D eigenvalue weighted by molar-refractivity contribution is 0.0712. The highest BCUT2D eigenvalue weighted by Crippen LogP contribution is 2.38. The van der Waals surface area contributed by atoms with Crippen LogP contribution in [-0.2, 0) is 10.0 Å². The van der Waals surface area contributed by atoms with Crippen LogP contribution < -0.4 is 20.7 Å². The molecule has 0 bridgehead atoms. The van der Waals surface area contributed by atoms with Gasteiger partial charge in [0.25, 0.3) is 5.56 Å². The molecule has 0 saturated heterocycles. The molecule has 1 fully saturated rings. The second-order valence-corrected chi connectivity index (χ2v) is 10.0. The molecule has 1 aromatic carbocycles. The molecule has 4 N–H and O–H groups in total. The van der Waals surface area contributed by atoms with E-state index in [9.17, 15) is 28.2 Å². The van der Waals surface area contributed by atoms with Crippen molar-refractivity contribution < 1.29 is 23.4 Å². The molecule has 0 atom stereocenters. The molecule has 2 aromatic heterocycles. The lowest BCUT2D eigenvalue weighted by Crippen LogP contribution is -2.46. The van der Waals surface area contributed by atoms with Crippen molar-refractivity contribution in [3.63, 3.8) is 0 Å². The molecule has 12 nitrogen and oxygen atoms in total. The highest BCUT2D eigenvalue weighted by atomic mass is 35.5. The molecule has 0 amide bonds. The molecule has 0 spiro atoms. The first-order valence-electron chi connectivity index (χ1n) is 9.71. The van der Waals surface area contributed by atoms with Gasteiger partial charge in [0.2, 0.25) is 15.9 Å². The number of sulfonamides is 1. The summed E-state index contributed by atoms with van der Waals surface area (Å²) in [6, 6.07) is 3.14. The number of halogens is 2. The Balaban J connectivity index is 1.65. The molecule has 15 heteroatoms. The first kappa shape index (κ1) is 24.2. The number of ether oxygens (including phenoxy) is 1. The van der Waals surface area contributed by atoms with Gasteiger partial charge in [-0.15, -0.1) is 0 Å². The molecule has 1 aliphatic rings. The Labute approximate surface area is 201 Å². The summed E-state index contributed by atoms with van der Waals surface area (Å²) in [5.74, 6) is -0.942. The summed E-state index contributed by atoms with van der Waals surface area (Å²) in [5, 5.41) is 23.1. The van der Waals surface area contributed by atoms with Crippen LogP contribution in [-0.4, -0.2) is 50.5 Å². The molecule has 3 aromatic rings. The standard InChI is InChI=1S/C19H17Cl2N5O7S/c1-8-18(29)23-19(30)26(24-8)10-4-12(20)17(13(21)5-10)33-16-6-15(14(28)7-22-16)34(31,32)25-9-2-11(27)3-9/h4-7,9,11,25,27-28H,2-3H2,1H3,(H,23,29,30). The zero-order chi connectivity index (χ0) is 24.8. The number of H-pyrrole nitrogens is 1. The van der Waals surface area contributed by atoms with E-state index >= 15 is 0 Å². The Bertz CT molecular complexity index is 1480. The first-order chi connectivity index (χ1) is 15.9. The van der Waals surface area contributed by atoms with Crippen molar-refractivity contribution in [3.05, 3.63) is 61.0 Å². The van der Waals surface area contributed by atoms with Crippen molar-refractivity contribution in [3.8, 4) is 23.1 Å². The average Bonchev–Trinajstić information content (AvgIpc) is 2.73. The number of aryl methyl sites for hydroxylation is 1. The smallest absolute Gasteiger partial charge is 0.349 e. The second kappa shape index (κ2) is 9.00. The third-order valence-electron chi connectivity index (χ3n) is 4.97. The van der Waals surface area contributed by atoms with Crippen molar-refractivity contribution in [1.29, 1.82) is 0 Å². The largest absolute Gasteiger partial charge is 0.505 e. The van der Waals surface area contributed by atoms with E-state index in [1.54, 1.807) is 0 Å². The number of rotatable bonds is 6. The van der Waals surface area contributed by atoms with Crippen LogP contribution in [0.15, 0.2) is 38.9 Å². The quantitative estimate of drug-likeness (QED) is 0.365. The number of aromatic nitrogens is 4. The van der Waals surface area contributed by atoms with Gasteiger partial charge in [0.1, 0.15) is 10.6 Å². The topological polar surface area (TPSA) is 176 Å². The first-order valence-corrected chi connectivity index (χ1v) is 12.0. The molecule has 0 radical (unpaired) electrons. The molecule has 180 valence electrons. The molecular weight excluding hydrogens is 513 g/mol. The van der Waals surface area contributed by atoms with E-state index in [-0.39, 0.29) is 45.9 Å². The zero-order valence-corrected chi connectivity index (χ0v) is 19.6. The number of aromatic hydroxyl groups is 1. The molecular formula is C19H17Cl2N5O7S. The number of aliphatic hydroxyl groups is 1. The summed E-state index contributed by atoms with van der Waals surface area (Å²) in [7, 11) is -4.14. The fourth-order valence-electron chi connectivity index (χ4n) is 3.18. The van der Waals surface area contributed by atoms with Crippen molar-refractivity contribution in [1.82, 2.24) is 24.5 Å². The van der Waals surface area contributed by atoms with Crippen LogP contribution in [0.5, 0.6) is 17.4 Å². The number of hydrogen-bond donors (Lipinski definition) is 4. The summed E-state index contributed by atoms with van der Waals surface area (Å²) in [6.45, 7) is 1.42. The van der Waals surface area contributed by atoms with Gasteiger partial charge >= 0.3 is 5.69 Å². The van der Waals surface area contributed by atoms with Gasteiger partial charge in [-0.1, -0.05) is 23.2 Å². The van der Waals surface area contributed by atoms with E-state index in [4.69, 9.17) is 27.9 Å².